The number of nitrogens with zero attached hydrogens (tertiary/aromatic N) is 3. The number of aryl methyl sites for hydroxylation is 1. The first-order valence-electron chi connectivity index (χ1n) is 9.48. The van der Waals surface area contributed by atoms with E-state index in [0.717, 1.165) is 37.6 Å². The van der Waals surface area contributed by atoms with Gasteiger partial charge in [0, 0.05) is 25.8 Å². The Bertz CT molecular complexity index is 769. The molecular weight excluding hydrogens is 487 g/mol. The summed E-state index contributed by atoms with van der Waals surface area (Å²) in [5.41, 5.74) is 3.66. The molecule has 0 bridgehead atoms. The minimum atomic E-state index is 0. The van der Waals surface area contributed by atoms with Crippen LogP contribution in [-0.2, 0) is 11.2 Å². The second kappa shape index (κ2) is 11.6. The molecule has 1 atom stereocenters. The fourth-order valence-corrected chi connectivity index (χ4v) is 3.36. The summed E-state index contributed by atoms with van der Waals surface area (Å²) in [6, 6.07) is 12.3. The van der Waals surface area contributed by atoms with Crippen LogP contribution < -0.4 is 5.32 Å². The summed E-state index contributed by atoms with van der Waals surface area (Å²) in [6.07, 6.45) is 2.72. The number of hydrogen-bond donors (Lipinski definition) is 1. The lowest BCUT2D eigenvalue weighted by Crippen LogP contribution is -2.48. The topological polar surface area (TPSA) is 49.8 Å². The Morgan fingerprint density at radius 3 is 2.86 bits per heavy atom. The van der Waals surface area contributed by atoms with Gasteiger partial charge < -0.3 is 15.0 Å². The summed E-state index contributed by atoms with van der Waals surface area (Å²) >= 11 is 5.85. The van der Waals surface area contributed by atoms with E-state index in [4.69, 9.17) is 21.3 Å². The van der Waals surface area contributed by atoms with Crippen LogP contribution in [0.3, 0.4) is 0 Å². The molecule has 2 aromatic rings. The number of aliphatic imine (C=N–C) groups is 1. The SMILES string of the molecule is CCNC(=NCCc1ccc(Cl)nc1)N1CCOC(c2ccccc2C)C1.I. The highest BCUT2D eigenvalue weighted by Crippen LogP contribution is 2.25. The lowest BCUT2D eigenvalue weighted by Gasteiger charge is -2.35. The summed E-state index contributed by atoms with van der Waals surface area (Å²) in [4.78, 5) is 11.2. The highest BCUT2D eigenvalue weighted by atomic mass is 127. The van der Waals surface area contributed by atoms with Crippen LogP contribution in [0.15, 0.2) is 47.6 Å². The molecule has 1 aliphatic rings. The number of pyridine rings is 1. The molecule has 0 aliphatic carbocycles. The van der Waals surface area contributed by atoms with Gasteiger partial charge in [0.05, 0.1) is 13.2 Å². The molecule has 1 aromatic carbocycles. The van der Waals surface area contributed by atoms with Crippen molar-refractivity contribution in [3.05, 3.63) is 64.4 Å². The van der Waals surface area contributed by atoms with Crippen LogP contribution >= 0.6 is 35.6 Å². The Morgan fingerprint density at radius 2 is 2.14 bits per heavy atom. The lowest BCUT2D eigenvalue weighted by atomic mass is 10.0. The van der Waals surface area contributed by atoms with Gasteiger partial charge in [-0.05, 0) is 43.0 Å². The number of benzene rings is 1. The third-order valence-corrected chi connectivity index (χ3v) is 4.91. The van der Waals surface area contributed by atoms with Crippen LogP contribution in [0.5, 0.6) is 0 Å². The van der Waals surface area contributed by atoms with E-state index in [-0.39, 0.29) is 30.1 Å². The summed E-state index contributed by atoms with van der Waals surface area (Å²) in [7, 11) is 0. The molecule has 1 unspecified atom stereocenters. The van der Waals surface area contributed by atoms with Crippen LogP contribution in [0.25, 0.3) is 0 Å². The zero-order chi connectivity index (χ0) is 19.1. The fourth-order valence-electron chi connectivity index (χ4n) is 3.25. The first kappa shape index (κ1) is 22.9. The molecule has 1 aromatic heterocycles. The van der Waals surface area contributed by atoms with Gasteiger partial charge in [-0.15, -0.1) is 24.0 Å². The number of nitrogens with one attached hydrogen (secondary N) is 1. The van der Waals surface area contributed by atoms with E-state index in [1.165, 1.54) is 11.1 Å². The average Bonchev–Trinajstić information content (AvgIpc) is 2.69. The van der Waals surface area contributed by atoms with E-state index in [9.17, 15) is 0 Å². The monoisotopic (exact) mass is 514 g/mol. The second-order valence-corrected chi connectivity index (χ2v) is 7.02. The maximum atomic E-state index is 6.04. The Balaban J connectivity index is 0.00000280. The quantitative estimate of drug-likeness (QED) is 0.281. The first-order valence-corrected chi connectivity index (χ1v) is 9.86. The predicted octanol–water partition coefficient (Wildman–Crippen LogP) is 4.24. The second-order valence-electron chi connectivity index (χ2n) is 6.64. The van der Waals surface area contributed by atoms with E-state index >= 15 is 0 Å². The van der Waals surface area contributed by atoms with Gasteiger partial charge in [-0.3, -0.25) is 4.99 Å². The van der Waals surface area contributed by atoms with Crippen molar-refractivity contribution in [2.75, 3.05) is 32.8 Å². The van der Waals surface area contributed by atoms with Gasteiger partial charge in [-0.1, -0.05) is 41.9 Å². The Morgan fingerprint density at radius 1 is 1.32 bits per heavy atom. The van der Waals surface area contributed by atoms with Crippen LogP contribution in [0.1, 0.15) is 29.7 Å². The molecule has 152 valence electrons. The van der Waals surface area contributed by atoms with E-state index in [0.29, 0.717) is 18.3 Å². The third-order valence-electron chi connectivity index (χ3n) is 4.69. The van der Waals surface area contributed by atoms with Gasteiger partial charge in [0.2, 0.25) is 0 Å². The molecule has 2 heterocycles. The molecule has 0 amide bonds. The van der Waals surface area contributed by atoms with Crippen LogP contribution in [0.4, 0.5) is 0 Å². The molecule has 0 spiro atoms. The van der Waals surface area contributed by atoms with Crippen molar-refractivity contribution in [2.24, 2.45) is 4.99 Å². The molecule has 7 heteroatoms. The Hall–Kier alpha value is -1.38. The van der Waals surface area contributed by atoms with Crippen molar-refractivity contribution in [2.45, 2.75) is 26.4 Å². The molecule has 5 nitrogen and oxygen atoms in total. The number of guanidine groups is 1. The van der Waals surface area contributed by atoms with Gasteiger partial charge in [0.25, 0.3) is 0 Å². The predicted molar refractivity (Wildman–Crippen MR) is 126 cm³/mol. The molecular formula is C21H28ClIN4O. The number of morpholine rings is 1. The number of halogens is 2. The molecule has 1 aliphatic heterocycles. The third kappa shape index (κ3) is 6.32. The van der Waals surface area contributed by atoms with Gasteiger partial charge in [-0.2, -0.15) is 0 Å². The minimum absolute atomic E-state index is 0. The van der Waals surface area contributed by atoms with E-state index in [2.05, 4.69) is 53.3 Å². The standard InChI is InChI=1S/C21H27ClN4O.HI/c1-3-23-21(24-11-10-17-8-9-20(22)25-14-17)26-12-13-27-19(15-26)18-7-5-4-6-16(18)2;/h4-9,14,19H,3,10-13,15H2,1-2H3,(H,23,24);1H. The Kier molecular flexibility index (Phi) is 9.47. The van der Waals surface area contributed by atoms with Gasteiger partial charge >= 0.3 is 0 Å². The zero-order valence-electron chi connectivity index (χ0n) is 16.4. The highest BCUT2D eigenvalue weighted by Gasteiger charge is 2.25. The molecule has 1 saturated heterocycles. The summed E-state index contributed by atoms with van der Waals surface area (Å²) < 4.78 is 6.04. The lowest BCUT2D eigenvalue weighted by molar-refractivity contribution is -0.00832. The minimum Gasteiger partial charge on any atom is -0.370 e. The van der Waals surface area contributed by atoms with Gasteiger partial charge in [-0.25, -0.2) is 4.98 Å². The molecule has 28 heavy (non-hydrogen) atoms. The van der Waals surface area contributed by atoms with Crippen molar-refractivity contribution in [1.82, 2.24) is 15.2 Å². The summed E-state index contributed by atoms with van der Waals surface area (Å²) in [5, 5.41) is 3.94. The van der Waals surface area contributed by atoms with Crippen molar-refractivity contribution >= 4 is 41.5 Å². The molecule has 3 rings (SSSR count). The van der Waals surface area contributed by atoms with E-state index < -0.39 is 0 Å². The molecule has 0 saturated carbocycles. The van der Waals surface area contributed by atoms with Crippen LogP contribution in [0, 0.1) is 6.92 Å². The fraction of sp³-hybridized carbons (Fsp3) is 0.429. The number of ether oxygens (including phenoxy) is 1. The van der Waals surface area contributed by atoms with E-state index in [1.807, 2.05) is 18.3 Å². The summed E-state index contributed by atoms with van der Waals surface area (Å²) in [5.74, 6) is 0.946. The Labute approximate surface area is 189 Å². The van der Waals surface area contributed by atoms with Crippen LogP contribution in [0.2, 0.25) is 5.15 Å². The van der Waals surface area contributed by atoms with Gasteiger partial charge in [0.1, 0.15) is 11.3 Å². The van der Waals surface area contributed by atoms with Crippen molar-refractivity contribution in [3.8, 4) is 0 Å². The number of aromatic nitrogens is 1. The van der Waals surface area contributed by atoms with E-state index in [1.54, 1.807) is 0 Å². The summed E-state index contributed by atoms with van der Waals surface area (Å²) in [6.45, 7) is 8.13. The average molecular weight is 515 g/mol. The zero-order valence-corrected chi connectivity index (χ0v) is 19.5. The number of hydrogen-bond acceptors (Lipinski definition) is 3. The molecule has 1 N–H and O–H groups in total. The van der Waals surface area contributed by atoms with Gasteiger partial charge in [0.15, 0.2) is 5.96 Å². The maximum absolute atomic E-state index is 6.04. The molecule has 0 radical (unpaired) electrons. The largest absolute Gasteiger partial charge is 0.370 e. The normalized spacial score (nSPS) is 17.2. The van der Waals surface area contributed by atoms with Crippen molar-refractivity contribution in [3.63, 3.8) is 0 Å². The van der Waals surface area contributed by atoms with Crippen molar-refractivity contribution in [1.29, 1.82) is 0 Å². The first-order chi connectivity index (χ1) is 13.2. The molecule has 1 fully saturated rings. The smallest absolute Gasteiger partial charge is 0.194 e. The highest BCUT2D eigenvalue weighted by molar-refractivity contribution is 14.0. The number of rotatable bonds is 5. The van der Waals surface area contributed by atoms with Crippen LogP contribution in [-0.4, -0.2) is 48.6 Å². The maximum Gasteiger partial charge on any atom is 0.194 e. The van der Waals surface area contributed by atoms with Crippen molar-refractivity contribution < 1.29 is 4.74 Å².